The predicted octanol–water partition coefficient (Wildman–Crippen LogP) is 0.986. The highest BCUT2D eigenvalue weighted by molar-refractivity contribution is 7.89. The van der Waals surface area contributed by atoms with Gasteiger partial charge in [-0.15, -0.1) is 0 Å². The van der Waals surface area contributed by atoms with Crippen molar-refractivity contribution in [3.63, 3.8) is 0 Å². The van der Waals surface area contributed by atoms with Crippen molar-refractivity contribution >= 4 is 16.0 Å². The molecule has 2 rings (SSSR count). The molecule has 1 aliphatic rings. The lowest BCUT2D eigenvalue weighted by molar-refractivity contribution is 0.0691. The lowest BCUT2D eigenvalue weighted by Crippen LogP contribution is -2.31. The maximum atomic E-state index is 12.7. The highest BCUT2D eigenvalue weighted by Gasteiger charge is 2.39. The Balaban J connectivity index is 2.44. The summed E-state index contributed by atoms with van der Waals surface area (Å²) in [5, 5.41) is 18.8. The number of hydrogen-bond acceptors (Lipinski definition) is 5. The Morgan fingerprint density at radius 3 is 2.48 bits per heavy atom. The fourth-order valence-electron chi connectivity index (χ4n) is 2.72. The molecule has 7 nitrogen and oxygen atoms in total. The molecule has 1 aromatic heterocycles. The third-order valence-corrected chi connectivity index (χ3v) is 5.91. The van der Waals surface area contributed by atoms with Gasteiger partial charge in [-0.3, -0.25) is 0 Å². The van der Waals surface area contributed by atoms with Crippen LogP contribution in [0, 0.1) is 19.8 Å². The Kier molecular flexibility index (Phi) is 4.14. The zero-order valence-electron chi connectivity index (χ0n) is 12.2. The molecule has 2 heterocycles. The molecule has 0 saturated carbocycles. The first-order chi connectivity index (χ1) is 9.66. The minimum absolute atomic E-state index is 0.0739. The summed E-state index contributed by atoms with van der Waals surface area (Å²) in [7, 11) is -3.94. The third kappa shape index (κ3) is 2.70. The molecule has 2 unspecified atom stereocenters. The first kappa shape index (κ1) is 16.0. The molecule has 21 heavy (non-hydrogen) atoms. The lowest BCUT2D eigenvalue weighted by Gasteiger charge is -2.17. The molecule has 1 fully saturated rings. The first-order valence-electron chi connectivity index (χ1n) is 6.67. The maximum Gasteiger partial charge on any atom is 0.340 e. The predicted molar refractivity (Wildman–Crippen MR) is 73.7 cm³/mol. The molecule has 0 spiro atoms. The number of carbonyl (C=O) groups is 1. The van der Waals surface area contributed by atoms with Crippen LogP contribution in [0.15, 0.2) is 9.31 Å². The summed E-state index contributed by atoms with van der Waals surface area (Å²) in [4.78, 5) is 11.0. The van der Waals surface area contributed by atoms with Crippen molar-refractivity contribution in [2.45, 2.75) is 38.2 Å². The van der Waals surface area contributed by atoms with E-state index in [-0.39, 0.29) is 41.0 Å². The number of aliphatic hydroxyl groups excluding tert-OH is 1. The lowest BCUT2D eigenvalue weighted by atomic mass is 10.0. The molecule has 1 aromatic rings. The molecule has 0 aromatic carbocycles. The zero-order chi connectivity index (χ0) is 15.9. The van der Waals surface area contributed by atoms with Gasteiger partial charge in [0.25, 0.3) is 0 Å². The zero-order valence-corrected chi connectivity index (χ0v) is 13.0. The highest BCUT2D eigenvalue weighted by atomic mass is 32.2. The van der Waals surface area contributed by atoms with Crippen LogP contribution in [0.4, 0.5) is 0 Å². The van der Waals surface area contributed by atoms with Crippen LogP contribution >= 0.6 is 0 Å². The second-order valence-electron chi connectivity index (χ2n) is 5.38. The molecule has 0 amide bonds. The van der Waals surface area contributed by atoms with E-state index >= 15 is 0 Å². The molecule has 8 heteroatoms. The molecule has 1 aliphatic heterocycles. The number of carboxylic acid groups (broad SMARTS) is 1. The van der Waals surface area contributed by atoms with Gasteiger partial charge in [0.15, 0.2) is 0 Å². The van der Waals surface area contributed by atoms with E-state index in [9.17, 15) is 23.4 Å². The summed E-state index contributed by atoms with van der Waals surface area (Å²) in [5.74, 6) is -1.31. The van der Waals surface area contributed by atoms with Gasteiger partial charge in [0, 0.05) is 13.1 Å². The van der Waals surface area contributed by atoms with Gasteiger partial charge in [-0.25, -0.2) is 13.2 Å². The van der Waals surface area contributed by atoms with Crippen molar-refractivity contribution in [2.75, 3.05) is 13.1 Å². The number of hydrogen-bond donors (Lipinski definition) is 2. The molecule has 0 radical (unpaired) electrons. The Morgan fingerprint density at radius 2 is 2.00 bits per heavy atom. The van der Waals surface area contributed by atoms with E-state index in [0.29, 0.717) is 6.42 Å². The van der Waals surface area contributed by atoms with Crippen LogP contribution < -0.4 is 0 Å². The van der Waals surface area contributed by atoms with Crippen molar-refractivity contribution in [1.82, 2.24) is 4.31 Å². The second-order valence-corrected chi connectivity index (χ2v) is 7.25. The van der Waals surface area contributed by atoms with Crippen LogP contribution in [0.2, 0.25) is 0 Å². The molecule has 2 atom stereocenters. The third-order valence-electron chi connectivity index (χ3n) is 3.89. The molecule has 0 bridgehead atoms. The molecule has 2 N–H and O–H groups in total. The van der Waals surface area contributed by atoms with Gasteiger partial charge in [-0.05, 0) is 33.1 Å². The van der Waals surface area contributed by atoms with Crippen molar-refractivity contribution < 1.29 is 27.8 Å². The summed E-state index contributed by atoms with van der Waals surface area (Å²) in [5.41, 5.74) is -0.312. The smallest absolute Gasteiger partial charge is 0.340 e. The summed E-state index contributed by atoms with van der Waals surface area (Å²) in [6.07, 6.45) is -0.0498. The number of sulfonamides is 1. The van der Waals surface area contributed by atoms with E-state index in [4.69, 9.17) is 4.42 Å². The molecule has 1 saturated heterocycles. The Morgan fingerprint density at radius 1 is 1.38 bits per heavy atom. The number of nitrogens with zero attached hydrogens (tertiary/aromatic N) is 1. The summed E-state index contributed by atoms with van der Waals surface area (Å²) < 4.78 is 31.8. The van der Waals surface area contributed by atoms with Gasteiger partial charge >= 0.3 is 5.97 Å². The van der Waals surface area contributed by atoms with Crippen LogP contribution in [0.1, 0.15) is 35.2 Å². The quantitative estimate of drug-likeness (QED) is 0.857. The topological polar surface area (TPSA) is 108 Å². The first-order valence-corrected chi connectivity index (χ1v) is 8.11. The summed E-state index contributed by atoms with van der Waals surface area (Å²) in [6.45, 7) is 4.94. The van der Waals surface area contributed by atoms with E-state index in [2.05, 4.69) is 0 Å². The van der Waals surface area contributed by atoms with Crippen LogP contribution in [0.3, 0.4) is 0 Å². The monoisotopic (exact) mass is 317 g/mol. The van der Waals surface area contributed by atoms with Crippen molar-refractivity contribution in [1.29, 1.82) is 0 Å². The average Bonchev–Trinajstić information content (AvgIpc) is 2.93. The summed E-state index contributed by atoms with van der Waals surface area (Å²) >= 11 is 0. The largest absolute Gasteiger partial charge is 0.478 e. The average molecular weight is 317 g/mol. The number of aromatic carboxylic acids is 1. The minimum atomic E-state index is -3.94. The van der Waals surface area contributed by atoms with Gasteiger partial charge in [-0.2, -0.15) is 4.31 Å². The molecular formula is C13H19NO6S. The number of aliphatic hydroxyl groups is 1. The number of carboxylic acids is 1. The van der Waals surface area contributed by atoms with Gasteiger partial charge in [0.05, 0.1) is 6.10 Å². The van der Waals surface area contributed by atoms with E-state index in [1.165, 1.54) is 18.2 Å². The Hall–Kier alpha value is -1.38. The van der Waals surface area contributed by atoms with Gasteiger partial charge in [-0.1, -0.05) is 0 Å². The van der Waals surface area contributed by atoms with E-state index in [1.807, 2.05) is 0 Å². The van der Waals surface area contributed by atoms with Crippen LogP contribution in [0.5, 0.6) is 0 Å². The van der Waals surface area contributed by atoms with E-state index in [1.54, 1.807) is 6.92 Å². The number of rotatable bonds is 4. The fourth-order valence-corrected chi connectivity index (χ4v) is 4.60. The van der Waals surface area contributed by atoms with E-state index < -0.39 is 22.1 Å². The van der Waals surface area contributed by atoms with Gasteiger partial charge in [0.2, 0.25) is 10.0 Å². The number of aryl methyl sites for hydroxylation is 2. The van der Waals surface area contributed by atoms with Crippen molar-refractivity contribution in [3.8, 4) is 0 Å². The Bertz CT molecular complexity index is 660. The van der Waals surface area contributed by atoms with E-state index in [0.717, 1.165) is 0 Å². The maximum absolute atomic E-state index is 12.7. The normalized spacial score (nSPS) is 21.6. The number of furan rings is 1. The van der Waals surface area contributed by atoms with Crippen LogP contribution in [-0.4, -0.2) is 48.1 Å². The molecular weight excluding hydrogens is 298 g/mol. The minimum Gasteiger partial charge on any atom is -0.478 e. The van der Waals surface area contributed by atoms with Gasteiger partial charge in [0.1, 0.15) is 22.0 Å². The molecule has 118 valence electrons. The van der Waals surface area contributed by atoms with Crippen molar-refractivity contribution in [3.05, 3.63) is 17.1 Å². The SMILES string of the molecule is Cc1oc(C)c(S(=O)(=O)N2CCC(C(C)O)C2)c1C(=O)O. The van der Waals surface area contributed by atoms with Crippen LogP contribution in [0.25, 0.3) is 0 Å². The highest BCUT2D eigenvalue weighted by Crippen LogP contribution is 2.32. The fraction of sp³-hybridized carbons (Fsp3) is 0.615. The van der Waals surface area contributed by atoms with Crippen LogP contribution in [-0.2, 0) is 10.0 Å². The van der Waals surface area contributed by atoms with Gasteiger partial charge < -0.3 is 14.6 Å². The van der Waals surface area contributed by atoms with Crippen molar-refractivity contribution in [2.24, 2.45) is 5.92 Å². The second kappa shape index (κ2) is 5.43. The standard InChI is InChI=1S/C13H19NO6S/c1-7(15)10-4-5-14(6-10)21(18,19)12-9(3)20-8(2)11(12)13(16)17/h7,10,15H,4-6H2,1-3H3,(H,16,17). The Labute approximate surface area is 123 Å². The molecule has 0 aliphatic carbocycles. The summed E-state index contributed by atoms with van der Waals surface area (Å²) in [6, 6.07) is 0.